The third kappa shape index (κ3) is 4.12. The van der Waals surface area contributed by atoms with E-state index in [-0.39, 0.29) is 16.3 Å². The summed E-state index contributed by atoms with van der Waals surface area (Å²) in [6, 6.07) is 12.1. The highest BCUT2D eigenvalue weighted by Gasteiger charge is 2.27. The number of aromatic nitrogens is 1. The third-order valence-electron chi connectivity index (χ3n) is 4.97. The van der Waals surface area contributed by atoms with Crippen LogP contribution in [0.5, 0.6) is 0 Å². The molecule has 0 spiro atoms. The fourth-order valence-electron chi connectivity index (χ4n) is 3.40. The number of benzene rings is 1. The van der Waals surface area contributed by atoms with Crippen molar-refractivity contribution in [2.75, 3.05) is 13.1 Å². The van der Waals surface area contributed by atoms with Crippen LogP contribution >= 0.6 is 11.3 Å². The van der Waals surface area contributed by atoms with Gasteiger partial charge in [-0.15, -0.1) is 11.3 Å². The molecule has 7 nitrogen and oxygen atoms in total. The average molecular weight is 432 g/mol. The Hall–Kier alpha value is -2.49. The molecule has 0 bridgehead atoms. The van der Waals surface area contributed by atoms with Crippen LogP contribution in [0, 0.1) is 0 Å². The van der Waals surface area contributed by atoms with Crippen molar-refractivity contribution in [1.29, 1.82) is 0 Å². The van der Waals surface area contributed by atoms with E-state index in [0.29, 0.717) is 23.5 Å². The van der Waals surface area contributed by atoms with Crippen molar-refractivity contribution in [1.82, 2.24) is 14.6 Å². The van der Waals surface area contributed by atoms with Gasteiger partial charge in [0.05, 0.1) is 6.54 Å². The summed E-state index contributed by atoms with van der Waals surface area (Å²) < 4.78 is 27.3. The summed E-state index contributed by atoms with van der Waals surface area (Å²) in [6.07, 6.45) is 2.82. The lowest BCUT2D eigenvalue weighted by molar-refractivity contribution is 0.0950. The molecule has 2 aromatic heterocycles. The first-order valence-corrected chi connectivity index (χ1v) is 11.7. The highest BCUT2D eigenvalue weighted by Crippen LogP contribution is 2.27. The Morgan fingerprint density at radius 1 is 1.10 bits per heavy atom. The summed E-state index contributed by atoms with van der Waals surface area (Å²) in [6.45, 7) is 1.26. The van der Waals surface area contributed by atoms with Gasteiger partial charge in [-0.3, -0.25) is 9.59 Å². The lowest BCUT2D eigenvalue weighted by Gasteiger charge is -2.25. The minimum absolute atomic E-state index is 0.0291. The number of thiophene rings is 1. The number of H-pyrrole nitrogens is 1. The number of rotatable bonds is 5. The van der Waals surface area contributed by atoms with Gasteiger partial charge < -0.3 is 10.3 Å². The number of hydrogen-bond donors (Lipinski definition) is 2. The highest BCUT2D eigenvalue weighted by molar-refractivity contribution is 7.91. The van der Waals surface area contributed by atoms with Crippen LogP contribution in [0.3, 0.4) is 0 Å². The lowest BCUT2D eigenvalue weighted by atomic mass is 10.1. The summed E-state index contributed by atoms with van der Waals surface area (Å²) >= 11 is 1.15. The fraction of sp³-hybridized carbons (Fsp3) is 0.300. The van der Waals surface area contributed by atoms with Gasteiger partial charge in [0.25, 0.3) is 21.5 Å². The van der Waals surface area contributed by atoms with Gasteiger partial charge in [0.2, 0.25) is 0 Å². The smallest absolute Gasteiger partial charge is 0.261 e. The topological polar surface area (TPSA) is 99.3 Å². The summed E-state index contributed by atoms with van der Waals surface area (Å²) in [4.78, 5) is 28.1. The predicted molar refractivity (Wildman–Crippen MR) is 113 cm³/mol. The summed E-state index contributed by atoms with van der Waals surface area (Å²) in [5.74, 6) is -0.495. The molecule has 1 aliphatic rings. The van der Waals surface area contributed by atoms with E-state index >= 15 is 0 Å². The van der Waals surface area contributed by atoms with Crippen LogP contribution in [0.4, 0.5) is 0 Å². The van der Waals surface area contributed by atoms with Crippen molar-refractivity contribution in [2.45, 2.75) is 30.0 Å². The SMILES string of the molecule is O=C(NCc1ccc(S(=O)(=O)N2CCCCC2)s1)c1cc2ccccc2[nH]c1=O. The van der Waals surface area contributed by atoms with Crippen LogP contribution in [0.25, 0.3) is 10.9 Å². The third-order valence-corrected chi connectivity index (χ3v) is 8.42. The molecule has 3 aromatic rings. The molecule has 1 aromatic carbocycles. The minimum atomic E-state index is -3.48. The van der Waals surface area contributed by atoms with Gasteiger partial charge in [-0.1, -0.05) is 24.6 Å². The number of para-hydroxylation sites is 1. The van der Waals surface area contributed by atoms with Gasteiger partial charge >= 0.3 is 0 Å². The van der Waals surface area contributed by atoms with E-state index in [1.807, 2.05) is 18.2 Å². The van der Waals surface area contributed by atoms with Gasteiger partial charge in [0.15, 0.2) is 0 Å². The summed E-state index contributed by atoms with van der Waals surface area (Å²) in [7, 11) is -3.48. The lowest BCUT2D eigenvalue weighted by Crippen LogP contribution is -2.35. The molecular formula is C20H21N3O4S2. The maximum absolute atomic E-state index is 12.7. The molecule has 0 aliphatic carbocycles. The zero-order valence-corrected chi connectivity index (χ0v) is 17.3. The highest BCUT2D eigenvalue weighted by atomic mass is 32.2. The predicted octanol–water partition coefficient (Wildman–Crippen LogP) is 2.69. The van der Waals surface area contributed by atoms with Crippen LogP contribution in [0.1, 0.15) is 34.5 Å². The molecule has 1 saturated heterocycles. The normalized spacial score (nSPS) is 15.4. The van der Waals surface area contributed by atoms with Gasteiger partial charge in [0.1, 0.15) is 9.77 Å². The molecule has 2 N–H and O–H groups in total. The van der Waals surface area contributed by atoms with E-state index in [9.17, 15) is 18.0 Å². The number of carbonyl (C=O) groups excluding carboxylic acids is 1. The fourth-order valence-corrected chi connectivity index (χ4v) is 6.37. The first kappa shape index (κ1) is 19.8. The van der Waals surface area contributed by atoms with Gasteiger partial charge in [-0.2, -0.15) is 4.31 Å². The summed E-state index contributed by atoms with van der Waals surface area (Å²) in [5.41, 5.74) is 0.238. The standard InChI is InChI=1S/C20H21N3O4S2/c24-19(16-12-14-6-2-3-7-17(14)22-20(16)25)21-13-15-8-9-18(28-15)29(26,27)23-10-4-1-5-11-23/h2-3,6-9,12H,1,4-5,10-11,13H2,(H,21,24)(H,22,25). The average Bonchev–Trinajstić information content (AvgIpc) is 3.22. The first-order chi connectivity index (χ1) is 13.9. The largest absolute Gasteiger partial charge is 0.347 e. The molecule has 0 unspecified atom stereocenters. The number of hydrogen-bond acceptors (Lipinski definition) is 5. The molecule has 152 valence electrons. The van der Waals surface area contributed by atoms with Crippen molar-refractivity contribution < 1.29 is 13.2 Å². The number of nitrogens with one attached hydrogen (secondary N) is 2. The Morgan fingerprint density at radius 3 is 2.66 bits per heavy atom. The van der Waals surface area contributed by atoms with Crippen molar-refractivity contribution in [3.05, 3.63) is 63.3 Å². The number of pyridine rings is 1. The Bertz CT molecular complexity index is 1210. The quantitative estimate of drug-likeness (QED) is 0.649. The molecule has 3 heterocycles. The van der Waals surface area contributed by atoms with Gasteiger partial charge in [-0.05, 0) is 42.5 Å². The summed E-state index contributed by atoms with van der Waals surface area (Å²) in [5, 5.41) is 3.48. The molecule has 0 radical (unpaired) electrons. The monoisotopic (exact) mass is 431 g/mol. The van der Waals surface area contributed by atoms with Gasteiger partial charge in [0, 0.05) is 23.5 Å². The Balaban J connectivity index is 1.47. The van der Waals surface area contributed by atoms with Crippen molar-refractivity contribution in [3.63, 3.8) is 0 Å². The van der Waals surface area contributed by atoms with Crippen LogP contribution in [-0.2, 0) is 16.6 Å². The van der Waals surface area contributed by atoms with Crippen molar-refractivity contribution in [3.8, 4) is 0 Å². The first-order valence-electron chi connectivity index (χ1n) is 9.44. The zero-order chi connectivity index (χ0) is 20.4. The number of piperidine rings is 1. The molecule has 4 rings (SSSR count). The number of nitrogens with zero attached hydrogens (tertiary/aromatic N) is 1. The van der Waals surface area contributed by atoms with E-state index in [1.165, 1.54) is 4.31 Å². The Morgan fingerprint density at radius 2 is 1.86 bits per heavy atom. The van der Waals surface area contributed by atoms with Crippen molar-refractivity contribution >= 4 is 38.2 Å². The number of fused-ring (bicyclic) bond motifs is 1. The molecule has 9 heteroatoms. The van der Waals surface area contributed by atoms with Gasteiger partial charge in [-0.25, -0.2) is 8.42 Å². The molecule has 1 aliphatic heterocycles. The maximum atomic E-state index is 12.7. The number of aromatic amines is 1. The molecule has 0 saturated carbocycles. The number of amides is 1. The maximum Gasteiger partial charge on any atom is 0.261 e. The van der Waals surface area contributed by atoms with E-state index in [0.717, 1.165) is 36.0 Å². The second kappa shape index (κ2) is 8.10. The number of sulfonamides is 1. The van der Waals surface area contributed by atoms with E-state index < -0.39 is 21.5 Å². The molecule has 29 heavy (non-hydrogen) atoms. The molecule has 1 fully saturated rings. The zero-order valence-electron chi connectivity index (χ0n) is 15.7. The Labute approximate surface area is 172 Å². The van der Waals surface area contributed by atoms with E-state index in [4.69, 9.17) is 0 Å². The number of carbonyl (C=O) groups is 1. The van der Waals surface area contributed by atoms with Crippen LogP contribution in [-0.4, -0.2) is 36.7 Å². The van der Waals surface area contributed by atoms with E-state index in [1.54, 1.807) is 24.3 Å². The van der Waals surface area contributed by atoms with E-state index in [2.05, 4.69) is 10.3 Å². The van der Waals surface area contributed by atoms with Crippen LogP contribution in [0.15, 0.2) is 51.5 Å². The second-order valence-electron chi connectivity index (χ2n) is 6.97. The van der Waals surface area contributed by atoms with Crippen molar-refractivity contribution in [2.24, 2.45) is 0 Å². The Kier molecular flexibility index (Phi) is 5.53. The molecule has 0 atom stereocenters. The second-order valence-corrected chi connectivity index (χ2v) is 10.3. The minimum Gasteiger partial charge on any atom is -0.347 e. The molecular weight excluding hydrogens is 410 g/mol. The van der Waals surface area contributed by atoms with Crippen LogP contribution < -0.4 is 10.9 Å². The van der Waals surface area contributed by atoms with Crippen LogP contribution in [0.2, 0.25) is 0 Å². The molecule has 1 amide bonds.